The normalized spacial score (nSPS) is 12.7. The molecular weight excluding hydrogens is 210 g/mol. The molecule has 5 heteroatoms. The molecular formula is C10H13N3OS. The number of hydrogen-bond donors (Lipinski definition) is 2. The van der Waals surface area contributed by atoms with Gasteiger partial charge in [0, 0.05) is 0 Å². The summed E-state index contributed by atoms with van der Waals surface area (Å²) in [5.74, 6) is 1.82. The summed E-state index contributed by atoms with van der Waals surface area (Å²) < 4.78 is 5.51. The van der Waals surface area contributed by atoms with E-state index < -0.39 is 0 Å². The van der Waals surface area contributed by atoms with E-state index in [9.17, 15) is 0 Å². The highest BCUT2D eigenvalue weighted by Crippen LogP contribution is 2.25. The second-order valence-corrected chi connectivity index (χ2v) is 4.44. The molecule has 0 spiro atoms. The van der Waals surface area contributed by atoms with Crippen LogP contribution in [0.25, 0.3) is 0 Å². The van der Waals surface area contributed by atoms with Crippen LogP contribution in [0.4, 0.5) is 10.1 Å². The average Bonchev–Trinajstić information content (AvgIpc) is 2.75. The van der Waals surface area contributed by atoms with Crippen molar-refractivity contribution in [1.82, 2.24) is 4.98 Å². The fourth-order valence-corrected chi connectivity index (χ4v) is 1.97. The molecule has 0 radical (unpaired) electrons. The lowest BCUT2D eigenvalue weighted by Crippen LogP contribution is -2.04. The number of furan rings is 1. The summed E-state index contributed by atoms with van der Waals surface area (Å²) in [7, 11) is 0. The summed E-state index contributed by atoms with van der Waals surface area (Å²) in [6.07, 6.45) is 1.65. The Bertz CT molecular complexity index is 449. The smallest absolute Gasteiger partial charge is 0.185 e. The molecule has 2 heterocycles. The number of nitrogens with two attached hydrogens (primary N) is 1. The summed E-state index contributed by atoms with van der Waals surface area (Å²) in [6, 6.07) is 4.01. The molecule has 0 bridgehead atoms. The first-order chi connectivity index (χ1) is 7.15. The van der Waals surface area contributed by atoms with E-state index in [0.717, 1.165) is 16.7 Å². The zero-order chi connectivity index (χ0) is 10.8. The van der Waals surface area contributed by atoms with Gasteiger partial charge in [-0.05, 0) is 26.0 Å². The van der Waals surface area contributed by atoms with Crippen LogP contribution in [0, 0.1) is 6.92 Å². The highest BCUT2D eigenvalue weighted by molar-refractivity contribution is 7.19. The molecule has 0 aliphatic heterocycles. The van der Waals surface area contributed by atoms with Crippen LogP contribution in [-0.4, -0.2) is 4.98 Å². The Kier molecular flexibility index (Phi) is 2.64. The first-order valence-electron chi connectivity index (χ1n) is 4.69. The van der Waals surface area contributed by atoms with E-state index in [0.29, 0.717) is 5.00 Å². The van der Waals surface area contributed by atoms with Crippen molar-refractivity contribution in [3.63, 3.8) is 0 Å². The number of hydrogen-bond acceptors (Lipinski definition) is 5. The summed E-state index contributed by atoms with van der Waals surface area (Å²) in [6.45, 7) is 3.95. The zero-order valence-corrected chi connectivity index (χ0v) is 9.47. The Morgan fingerprint density at radius 2 is 2.33 bits per heavy atom. The molecule has 0 aliphatic carbocycles. The maximum atomic E-state index is 5.59. The maximum absolute atomic E-state index is 5.59. The molecule has 3 N–H and O–H groups in total. The van der Waals surface area contributed by atoms with Gasteiger partial charge in [-0.25, -0.2) is 4.98 Å². The van der Waals surface area contributed by atoms with Gasteiger partial charge in [0.05, 0.1) is 12.2 Å². The second kappa shape index (κ2) is 3.94. The number of anilines is 2. The van der Waals surface area contributed by atoms with Crippen molar-refractivity contribution >= 4 is 21.5 Å². The number of rotatable bonds is 3. The number of nitrogens with zero attached hydrogens (tertiary/aromatic N) is 1. The maximum Gasteiger partial charge on any atom is 0.185 e. The van der Waals surface area contributed by atoms with Crippen LogP contribution in [0.15, 0.2) is 22.7 Å². The van der Waals surface area contributed by atoms with Gasteiger partial charge >= 0.3 is 0 Å². The summed E-state index contributed by atoms with van der Waals surface area (Å²) in [5, 5.41) is 4.75. The molecule has 2 aromatic heterocycles. The lowest BCUT2D eigenvalue weighted by molar-refractivity contribution is 0.467. The van der Waals surface area contributed by atoms with Crippen LogP contribution in [-0.2, 0) is 0 Å². The van der Waals surface area contributed by atoms with Crippen molar-refractivity contribution in [2.75, 3.05) is 11.1 Å². The van der Waals surface area contributed by atoms with Gasteiger partial charge in [0.1, 0.15) is 16.5 Å². The molecule has 0 saturated carbocycles. The fourth-order valence-electron chi connectivity index (χ4n) is 1.30. The van der Waals surface area contributed by atoms with E-state index in [1.807, 2.05) is 26.0 Å². The lowest BCUT2D eigenvalue weighted by Gasteiger charge is -2.09. The van der Waals surface area contributed by atoms with Gasteiger partial charge in [0.2, 0.25) is 0 Å². The van der Waals surface area contributed by atoms with Crippen molar-refractivity contribution < 1.29 is 4.42 Å². The third kappa shape index (κ3) is 2.30. The molecule has 1 unspecified atom stereocenters. The molecule has 1 atom stereocenters. The van der Waals surface area contributed by atoms with Gasteiger partial charge in [-0.15, -0.1) is 0 Å². The predicted octanol–water partition coefficient (Wildman–Crippen LogP) is 2.80. The Labute approximate surface area is 92.1 Å². The van der Waals surface area contributed by atoms with Crippen molar-refractivity contribution in [2.45, 2.75) is 19.9 Å². The SMILES string of the molecule is Cc1ccc(C(C)Nc2ncc(N)s2)o1. The van der Waals surface area contributed by atoms with E-state index in [1.165, 1.54) is 11.3 Å². The van der Waals surface area contributed by atoms with Crippen LogP contribution in [0.2, 0.25) is 0 Å². The highest BCUT2D eigenvalue weighted by Gasteiger charge is 2.10. The van der Waals surface area contributed by atoms with Crippen LogP contribution in [0.5, 0.6) is 0 Å². The van der Waals surface area contributed by atoms with Gasteiger partial charge in [-0.1, -0.05) is 11.3 Å². The molecule has 4 nitrogen and oxygen atoms in total. The van der Waals surface area contributed by atoms with Crippen molar-refractivity contribution in [2.24, 2.45) is 0 Å². The Balaban J connectivity index is 2.06. The number of nitrogen functional groups attached to an aromatic ring is 1. The average molecular weight is 223 g/mol. The van der Waals surface area contributed by atoms with E-state index >= 15 is 0 Å². The minimum atomic E-state index is 0.101. The monoisotopic (exact) mass is 223 g/mol. The second-order valence-electron chi connectivity index (χ2n) is 3.38. The minimum absolute atomic E-state index is 0.101. The van der Waals surface area contributed by atoms with Crippen molar-refractivity contribution in [3.8, 4) is 0 Å². The van der Waals surface area contributed by atoms with Crippen LogP contribution in [0.3, 0.4) is 0 Å². The quantitative estimate of drug-likeness (QED) is 0.839. The van der Waals surface area contributed by atoms with Gasteiger partial charge in [0.25, 0.3) is 0 Å². The minimum Gasteiger partial charge on any atom is -0.464 e. The standard InChI is InChI=1S/C10H13N3OS/c1-6-3-4-8(14-6)7(2)13-10-12-5-9(11)15-10/h3-5,7H,11H2,1-2H3,(H,12,13). The molecule has 0 aromatic carbocycles. The van der Waals surface area contributed by atoms with Crippen LogP contribution < -0.4 is 11.1 Å². The Morgan fingerprint density at radius 1 is 1.53 bits per heavy atom. The molecule has 15 heavy (non-hydrogen) atoms. The summed E-state index contributed by atoms with van der Waals surface area (Å²) >= 11 is 1.43. The van der Waals surface area contributed by atoms with Crippen molar-refractivity contribution in [1.29, 1.82) is 0 Å². The van der Waals surface area contributed by atoms with Crippen LogP contribution in [0.1, 0.15) is 24.5 Å². The molecule has 2 aromatic rings. The molecule has 80 valence electrons. The van der Waals surface area contributed by atoms with E-state index in [-0.39, 0.29) is 6.04 Å². The van der Waals surface area contributed by atoms with Crippen molar-refractivity contribution in [3.05, 3.63) is 29.9 Å². The molecule has 0 amide bonds. The molecule has 0 saturated heterocycles. The zero-order valence-electron chi connectivity index (χ0n) is 8.65. The van der Waals surface area contributed by atoms with Gasteiger partial charge in [0.15, 0.2) is 5.13 Å². The predicted molar refractivity (Wildman–Crippen MR) is 62.0 cm³/mol. The number of aromatic nitrogens is 1. The number of aryl methyl sites for hydroxylation is 1. The third-order valence-electron chi connectivity index (χ3n) is 2.05. The Morgan fingerprint density at radius 3 is 2.87 bits per heavy atom. The van der Waals surface area contributed by atoms with Crippen LogP contribution >= 0.6 is 11.3 Å². The highest BCUT2D eigenvalue weighted by atomic mass is 32.1. The van der Waals surface area contributed by atoms with E-state index in [2.05, 4.69) is 10.3 Å². The third-order valence-corrected chi connectivity index (χ3v) is 2.81. The first kappa shape index (κ1) is 10.0. The van der Waals surface area contributed by atoms with Gasteiger partial charge < -0.3 is 15.5 Å². The first-order valence-corrected chi connectivity index (χ1v) is 5.51. The van der Waals surface area contributed by atoms with E-state index in [4.69, 9.17) is 10.2 Å². The van der Waals surface area contributed by atoms with E-state index in [1.54, 1.807) is 6.20 Å². The number of nitrogens with one attached hydrogen (secondary N) is 1. The molecule has 2 rings (SSSR count). The Hall–Kier alpha value is -1.49. The summed E-state index contributed by atoms with van der Waals surface area (Å²) in [5.41, 5.74) is 5.59. The summed E-state index contributed by atoms with van der Waals surface area (Å²) in [4.78, 5) is 4.13. The molecule has 0 aliphatic rings. The lowest BCUT2D eigenvalue weighted by atomic mass is 10.2. The number of thiazole rings is 1. The van der Waals surface area contributed by atoms with Gasteiger partial charge in [-0.3, -0.25) is 0 Å². The fraction of sp³-hybridized carbons (Fsp3) is 0.300. The largest absolute Gasteiger partial charge is 0.464 e. The topological polar surface area (TPSA) is 64.1 Å². The molecule has 0 fully saturated rings. The van der Waals surface area contributed by atoms with Gasteiger partial charge in [-0.2, -0.15) is 0 Å².